The Morgan fingerprint density at radius 2 is 2.00 bits per heavy atom. The minimum absolute atomic E-state index is 0.00547. The Kier molecular flexibility index (Phi) is 6.70. The van der Waals surface area contributed by atoms with Crippen LogP contribution >= 0.6 is 27.5 Å². The third-order valence-electron chi connectivity index (χ3n) is 3.94. The molecule has 27 heavy (non-hydrogen) atoms. The lowest BCUT2D eigenvalue weighted by Crippen LogP contribution is -2.58. The van der Waals surface area contributed by atoms with Gasteiger partial charge >= 0.3 is 6.09 Å². The zero-order valence-corrected chi connectivity index (χ0v) is 17.4. The molecular formula is C17H20BrClF2N2O4. The highest BCUT2D eigenvalue weighted by Gasteiger charge is 2.36. The number of amides is 2. The lowest BCUT2D eigenvalue weighted by Gasteiger charge is -2.41. The van der Waals surface area contributed by atoms with Gasteiger partial charge in [0.2, 0.25) is 0 Å². The average molecular weight is 470 g/mol. The monoisotopic (exact) mass is 468 g/mol. The summed E-state index contributed by atoms with van der Waals surface area (Å²) in [7, 11) is 0. The van der Waals surface area contributed by atoms with Gasteiger partial charge in [0.05, 0.1) is 27.7 Å². The lowest BCUT2D eigenvalue weighted by molar-refractivity contribution is -0.00255. The quantitative estimate of drug-likeness (QED) is 0.532. The summed E-state index contributed by atoms with van der Waals surface area (Å²) >= 11 is 8.53. The smallest absolute Gasteiger partial charge is 0.410 e. The molecule has 0 aromatic heterocycles. The highest BCUT2D eigenvalue weighted by molar-refractivity contribution is 9.10. The summed E-state index contributed by atoms with van der Waals surface area (Å²) in [6.07, 6.45) is -0.572. The summed E-state index contributed by atoms with van der Waals surface area (Å²) in [5.74, 6) is -2.75. The normalized spacial score (nSPS) is 17.9. The van der Waals surface area contributed by atoms with Crippen LogP contribution in [0, 0.1) is 11.6 Å². The van der Waals surface area contributed by atoms with Crippen LogP contribution in [-0.4, -0.2) is 64.8 Å². The molecule has 2 rings (SSSR count). The molecule has 0 aliphatic carbocycles. The van der Waals surface area contributed by atoms with Gasteiger partial charge in [-0.25, -0.2) is 13.6 Å². The van der Waals surface area contributed by atoms with Crippen molar-refractivity contribution in [2.45, 2.75) is 32.4 Å². The highest BCUT2D eigenvalue weighted by atomic mass is 79.9. The summed E-state index contributed by atoms with van der Waals surface area (Å²) in [4.78, 5) is 27.5. The summed E-state index contributed by atoms with van der Waals surface area (Å²) in [6, 6.07) is -0.0360. The molecule has 2 amide bonds. The highest BCUT2D eigenvalue weighted by Crippen LogP contribution is 2.31. The molecule has 1 N–H and O–H groups in total. The summed E-state index contributed by atoms with van der Waals surface area (Å²) < 4.78 is 33.2. The Morgan fingerprint density at radius 1 is 1.37 bits per heavy atom. The van der Waals surface area contributed by atoms with Crippen LogP contribution in [0.4, 0.5) is 13.6 Å². The first kappa shape index (κ1) is 21.8. The number of piperazine rings is 1. The third kappa shape index (κ3) is 4.89. The van der Waals surface area contributed by atoms with Crippen LogP contribution in [0.5, 0.6) is 0 Å². The molecule has 10 heteroatoms. The SMILES string of the molecule is CC(C)(C)OC(=O)N1CCN(C(=O)c2cc(F)c(Br)c(Cl)c2F)[C@@H](CO)C1. The maximum absolute atomic E-state index is 14.3. The van der Waals surface area contributed by atoms with Crippen molar-refractivity contribution in [3.8, 4) is 0 Å². The third-order valence-corrected chi connectivity index (χ3v) is 5.30. The molecule has 1 saturated heterocycles. The van der Waals surface area contributed by atoms with Crippen LogP contribution < -0.4 is 0 Å². The minimum Gasteiger partial charge on any atom is -0.444 e. The van der Waals surface area contributed by atoms with Crippen molar-refractivity contribution in [2.75, 3.05) is 26.2 Å². The number of aliphatic hydroxyl groups is 1. The van der Waals surface area contributed by atoms with Crippen molar-refractivity contribution in [1.82, 2.24) is 9.80 Å². The minimum atomic E-state index is -1.05. The molecule has 1 atom stereocenters. The number of ether oxygens (including phenoxy) is 1. The first-order valence-corrected chi connectivity index (χ1v) is 9.36. The molecule has 6 nitrogen and oxygen atoms in total. The number of nitrogens with zero attached hydrogens (tertiary/aromatic N) is 2. The fourth-order valence-electron chi connectivity index (χ4n) is 2.65. The number of carbonyl (C=O) groups excluding carboxylic acids is 2. The second-order valence-corrected chi connectivity index (χ2v) is 8.28. The zero-order chi connectivity index (χ0) is 20.5. The van der Waals surface area contributed by atoms with Crippen molar-refractivity contribution in [2.24, 2.45) is 0 Å². The van der Waals surface area contributed by atoms with Gasteiger partial charge in [0.15, 0.2) is 5.82 Å². The Bertz CT molecular complexity index is 757. The van der Waals surface area contributed by atoms with Gasteiger partial charge in [-0.2, -0.15) is 0 Å². The van der Waals surface area contributed by atoms with Crippen LogP contribution in [0.25, 0.3) is 0 Å². The number of aliphatic hydroxyl groups excluding tert-OH is 1. The van der Waals surface area contributed by atoms with Crippen molar-refractivity contribution in [3.05, 3.63) is 32.8 Å². The van der Waals surface area contributed by atoms with E-state index >= 15 is 0 Å². The van der Waals surface area contributed by atoms with Gasteiger partial charge in [0, 0.05) is 19.6 Å². The van der Waals surface area contributed by atoms with Gasteiger partial charge in [0.1, 0.15) is 11.4 Å². The molecule has 0 radical (unpaired) electrons. The van der Waals surface area contributed by atoms with Gasteiger partial charge in [-0.1, -0.05) is 11.6 Å². The predicted molar refractivity (Wildman–Crippen MR) is 98.8 cm³/mol. The molecule has 1 fully saturated rings. The van der Waals surface area contributed by atoms with E-state index in [1.807, 2.05) is 0 Å². The first-order valence-electron chi connectivity index (χ1n) is 8.19. The summed E-state index contributed by atoms with van der Waals surface area (Å²) in [5.41, 5.74) is -1.22. The topological polar surface area (TPSA) is 70.1 Å². The van der Waals surface area contributed by atoms with Crippen LogP contribution in [0.1, 0.15) is 31.1 Å². The Hall–Kier alpha value is -1.45. The Balaban J connectivity index is 2.21. The van der Waals surface area contributed by atoms with E-state index in [2.05, 4.69) is 15.9 Å². The number of carbonyl (C=O) groups is 2. The van der Waals surface area contributed by atoms with Crippen LogP contribution in [-0.2, 0) is 4.74 Å². The number of hydrogen-bond donors (Lipinski definition) is 1. The number of benzene rings is 1. The van der Waals surface area contributed by atoms with E-state index in [4.69, 9.17) is 16.3 Å². The predicted octanol–water partition coefficient (Wildman–Crippen LogP) is 3.43. The molecule has 1 aliphatic rings. The van der Waals surface area contributed by atoms with E-state index in [9.17, 15) is 23.5 Å². The van der Waals surface area contributed by atoms with E-state index in [1.165, 1.54) is 9.80 Å². The van der Waals surface area contributed by atoms with Crippen LogP contribution in [0.15, 0.2) is 10.5 Å². The van der Waals surface area contributed by atoms with E-state index in [0.29, 0.717) is 0 Å². The second-order valence-electron chi connectivity index (χ2n) is 7.11. The molecule has 1 heterocycles. The van der Waals surface area contributed by atoms with Crippen LogP contribution in [0.3, 0.4) is 0 Å². The molecule has 1 aromatic rings. The zero-order valence-electron chi connectivity index (χ0n) is 15.1. The lowest BCUT2D eigenvalue weighted by atomic mass is 10.1. The van der Waals surface area contributed by atoms with Gasteiger partial charge in [-0.05, 0) is 42.8 Å². The number of halogens is 4. The fourth-order valence-corrected chi connectivity index (χ4v) is 3.14. The van der Waals surface area contributed by atoms with Crippen molar-refractivity contribution in [1.29, 1.82) is 0 Å². The van der Waals surface area contributed by atoms with Gasteiger partial charge in [-0.15, -0.1) is 0 Å². The van der Waals surface area contributed by atoms with Crippen LogP contribution in [0.2, 0.25) is 5.02 Å². The molecule has 0 spiro atoms. The molecular weight excluding hydrogens is 450 g/mol. The molecule has 1 aliphatic heterocycles. The molecule has 0 bridgehead atoms. The standard InChI is InChI=1S/C17H20BrClF2N2O4/c1-17(2,3)27-16(26)22-4-5-23(9(7-22)8-24)15(25)10-6-11(20)12(18)13(19)14(10)21/h6,9,24H,4-5,7-8H2,1-3H3/t9-/m1/s1. The first-order chi connectivity index (χ1) is 12.5. The summed E-state index contributed by atoms with van der Waals surface area (Å²) in [5, 5.41) is 9.10. The number of rotatable bonds is 2. The fraction of sp³-hybridized carbons (Fsp3) is 0.529. The molecule has 0 saturated carbocycles. The molecule has 0 unspecified atom stereocenters. The Labute approximate surface area is 169 Å². The largest absolute Gasteiger partial charge is 0.444 e. The van der Waals surface area contributed by atoms with E-state index in [-0.39, 0.29) is 24.1 Å². The van der Waals surface area contributed by atoms with Crippen molar-refractivity contribution < 1.29 is 28.2 Å². The van der Waals surface area contributed by atoms with E-state index < -0.39 is 52.5 Å². The average Bonchev–Trinajstić information content (AvgIpc) is 2.60. The molecule has 150 valence electrons. The maximum Gasteiger partial charge on any atom is 0.410 e. The number of hydrogen-bond acceptors (Lipinski definition) is 4. The van der Waals surface area contributed by atoms with E-state index in [0.717, 1.165) is 6.07 Å². The van der Waals surface area contributed by atoms with Crippen molar-refractivity contribution >= 4 is 39.5 Å². The van der Waals surface area contributed by atoms with Crippen molar-refractivity contribution in [3.63, 3.8) is 0 Å². The molecule has 1 aromatic carbocycles. The summed E-state index contributed by atoms with van der Waals surface area (Å²) in [6.45, 7) is 4.88. The van der Waals surface area contributed by atoms with E-state index in [1.54, 1.807) is 20.8 Å². The van der Waals surface area contributed by atoms with Gasteiger partial charge in [0.25, 0.3) is 5.91 Å². The maximum atomic E-state index is 14.3. The Morgan fingerprint density at radius 3 is 2.56 bits per heavy atom. The van der Waals surface area contributed by atoms with Gasteiger partial charge in [-0.3, -0.25) is 4.79 Å². The van der Waals surface area contributed by atoms with Gasteiger partial charge < -0.3 is 19.6 Å². The second kappa shape index (κ2) is 8.28.